The molecule has 7 nitrogen and oxygen atoms in total. The lowest BCUT2D eigenvalue weighted by Crippen LogP contribution is -2.42. The van der Waals surface area contributed by atoms with Gasteiger partial charge in [0.1, 0.15) is 18.2 Å². The van der Waals surface area contributed by atoms with Gasteiger partial charge in [0.15, 0.2) is 5.82 Å². The Labute approximate surface area is 125 Å². The van der Waals surface area contributed by atoms with Gasteiger partial charge >= 0.3 is 0 Å². The summed E-state index contributed by atoms with van der Waals surface area (Å²) in [4.78, 5) is 22.9. The Hall–Kier alpha value is -1.89. The molecule has 2 rings (SSSR count). The van der Waals surface area contributed by atoms with Crippen LogP contribution in [0.15, 0.2) is 6.07 Å². The van der Waals surface area contributed by atoms with Crippen molar-refractivity contribution in [1.29, 1.82) is 0 Å². The number of rotatable bonds is 5. The summed E-state index contributed by atoms with van der Waals surface area (Å²) in [5, 5.41) is 5.77. The van der Waals surface area contributed by atoms with Crippen LogP contribution in [0.1, 0.15) is 18.7 Å². The second-order valence-electron chi connectivity index (χ2n) is 5.11. The van der Waals surface area contributed by atoms with E-state index < -0.39 is 0 Å². The molecule has 1 aliphatic heterocycles. The second-order valence-corrected chi connectivity index (χ2v) is 5.11. The van der Waals surface area contributed by atoms with E-state index in [-0.39, 0.29) is 11.8 Å². The molecule has 0 saturated carbocycles. The molecule has 1 amide bonds. The first-order valence-corrected chi connectivity index (χ1v) is 7.19. The third-order valence-electron chi connectivity index (χ3n) is 3.65. The molecule has 1 aromatic heterocycles. The largest absolute Gasteiger partial charge is 0.377 e. The normalized spacial score (nSPS) is 18.4. The van der Waals surface area contributed by atoms with E-state index in [2.05, 4.69) is 25.5 Å². The highest BCUT2D eigenvalue weighted by molar-refractivity contribution is 5.79. The first-order valence-electron chi connectivity index (χ1n) is 7.19. The number of hydrogen-bond acceptors (Lipinski definition) is 6. The molecule has 0 radical (unpaired) electrons. The SMILES string of the molecule is CNC(=O)C1CCCN(c2cc(NC)nc(COC)n2)C1. The molecule has 1 aromatic rings. The van der Waals surface area contributed by atoms with Gasteiger partial charge in [-0.3, -0.25) is 4.79 Å². The molecule has 2 heterocycles. The fraction of sp³-hybridized carbons (Fsp3) is 0.643. The maximum atomic E-state index is 11.8. The maximum absolute atomic E-state index is 11.8. The van der Waals surface area contributed by atoms with Gasteiger partial charge in [0, 0.05) is 40.4 Å². The summed E-state index contributed by atoms with van der Waals surface area (Å²) in [6, 6.07) is 1.91. The second kappa shape index (κ2) is 7.21. The molecule has 1 atom stereocenters. The first-order chi connectivity index (χ1) is 10.2. The Bertz CT molecular complexity index is 494. The minimum atomic E-state index is 0.0163. The van der Waals surface area contributed by atoms with Gasteiger partial charge in [-0.1, -0.05) is 0 Å². The molecule has 1 aliphatic rings. The number of piperidine rings is 1. The fourth-order valence-electron chi connectivity index (χ4n) is 2.57. The molecule has 0 bridgehead atoms. The van der Waals surface area contributed by atoms with Crippen molar-refractivity contribution >= 4 is 17.5 Å². The van der Waals surface area contributed by atoms with Crippen LogP contribution in [0.25, 0.3) is 0 Å². The van der Waals surface area contributed by atoms with Crippen molar-refractivity contribution in [3.8, 4) is 0 Å². The minimum Gasteiger partial charge on any atom is -0.377 e. The van der Waals surface area contributed by atoms with Gasteiger partial charge < -0.3 is 20.3 Å². The number of amides is 1. The third-order valence-corrected chi connectivity index (χ3v) is 3.65. The summed E-state index contributed by atoms with van der Waals surface area (Å²) >= 11 is 0. The number of anilines is 2. The summed E-state index contributed by atoms with van der Waals surface area (Å²) < 4.78 is 5.11. The Morgan fingerprint density at radius 2 is 2.29 bits per heavy atom. The molecule has 0 aliphatic carbocycles. The molecule has 1 fully saturated rings. The van der Waals surface area contributed by atoms with Crippen LogP contribution in [0.4, 0.5) is 11.6 Å². The topological polar surface area (TPSA) is 79.4 Å². The number of methoxy groups -OCH3 is 1. The number of carbonyl (C=O) groups excluding carboxylic acids is 1. The van der Waals surface area contributed by atoms with E-state index in [9.17, 15) is 4.79 Å². The summed E-state index contributed by atoms with van der Waals surface area (Å²) in [5.41, 5.74) is 0. The Morgan fingerprint density at radius 1 is 1.48 bits per heavy atom. The van der Waals surface area contributed by atoms with E-state index in [1.165, 1.54) is 0 Å². The third kappa shape index (κ3) is 3.81. The zero-order valence-corrected chi connectivity index (χ0v) is 12.8. The van der Waals surface area contributed by atoms with Gasteiger partial charge in [0.25, 0.3) is 0 Å². The average Bonchev–Trinajstić information content (AvgIpc) is 2.54. The van der Waals surface area contributed by atoms with Crippen LogP contribution >= 0.6 is 0 Å². The van der Waals surface area contributed by atoms with Crippen molar-refractivity contribution < 1.29 is 9.53 Å². The summed E-state index contributed by atoms with van der Waals surface area (Å²) in [6.07, 6.45) is 1.90. The number of hydrogen-bond donors (Lipinski definition) is 2. The fourth-order valence-corrected chi connectivity index (χ4v) is 2.57. The van der Waals surface area contributed by atoms with Crippen LogP contribution < -0.4 is 15.5 Å². The van der Waals surface area contributed by atoms with Crippen LogP contribution in [0, 0.1) is 5.92 Å². The number of nitrogens with zero attached hydrogens (tertiary/aromatic N) is 3. The molecule has 7 heteroatoms. The van der Waals surface area contributed by atoms with Crippen molar-refractivity contribution in [3.63, 3.8) is 0 Å². The van der Waals surface area contributed by atoms with Crippen LogP contribution in [-0.4, -0.2) is 50.2 Å². The standard InChI is InChI=1S/C14H23N5O2/c1-15-11-7-13(18-12(17-11)9-21-3)19-6-4-5-10(8-19)14(20)16-2/h7,10H,4-6,8-9H2,1-3H3,(H,16,20)(H,15,17,18). The lowest BCUT2D eigenvalue weighted by Gasteiger charge is -2.32. The highest BCUT2D eigenvalue weighted by Crippen LogP contribution is 2.23. The summed E-state index contributed by atoms with van der Waals surface area (Å²) in [6.45, 7) is 1.96. The summed E-state index contributed by atoms with van der Waals surface area (Å²) in [5.74, 6) is 2.35. The molecule has 0 aromatic carbocycles. The van der Waals surface area contributed by atoms with Gasteiger partial charge in [-0.2, -0.15) is 0 Å². The van der Waals surface area contributed by atoms with Crippen molar-refractivity contribution in [3.05, 3.63) is 11.9 Å². The van der Waals surface area contributed by atoms with Gasteiger partial charge in [0.2, 0.25) is 5.91 Å². The van der Waals surface area contributed by atoms with Crippen LogP contribution in [0.3, 0.4) is 0 Å². The Morgan fingerprint density at radius 3 is 2.95 bits per heavy atom. The van der Waals surface area contributed by atoms with Gasteiger partial charge in [-0.25, -0.2) is 9.97 Å². The van der Waals surface area contributed by atoms with Gasteiger partial charge in [-0.15, -0.1) is 0 Å². The predicted molar refractivity (Wildman–Crippen MR) is 81.3 cm³/mol. The molecule has 1 unspecified atom stereocenters. The van der Waals surface area contributed by atoms with E-state index in [4.69, 9.17) is 4.74 Å². The van der Waals surface area contributed by atoms with Crippen LogP contribution in [0.2, 0.25) is 0 Å². The van der Waals surface area contributed by atoms with E-state index in [1.807, 2.05) is 13.1 Å². The zero-order chi connectivity index (χ0) is 15.2. The number of nitrogens with one attached hydrogen (secondary N) is 2. The highest BCUT2D eigenvalue weighted by Gasteiger charge is 2.26. The maximum Gasteiger partial charge on any atom is 0.224 e. The van der Waals surface area contributed by atoms with Gasteiger partial charge in [-0.05, 0) is 12.8 Å². The Kier molecular flexibility index (Phi) is 5.32. The molecular formula is C14H23N5O2. The van der Waals surface area contributed by atoms with E-state index in [0.29, 0.717) is 19.0 Å². The number of carbonyl (C=O) groups is 1. The summed E-state index contributed by atoms with van der Waals surface area (Å²) in [7, 11) is 5.13. The Balaban J connectivity index is 2.19. The average molecular weight is 293 g/mol. The van der Waals surface area contributed by atoms with E-state index in [1.54, 1.807) is 14.2 Å². The zero-order valence-electron chi connectivity index (χ0n) is 12.8. The molecule has 21 heavy (non-hydrogen) atoms. The monoisotopic (exact) mass is 293 g/mol. The van der Waals surface area contributed by atoms with Gasteiger partial charge in [0.05, 0.1) is 5.92 Å². The first kappa shape index (κ1) is 15.5. The van der Waals surface area contributed by atoms with Crippen molar-refractivity contribution in [1.82, 2.24) is 15.3 Å². The number of ether oxygens (including phenoxy) is 1. The number of aromatic nitrogens is 2. The van der Waals surface area contributed by atoms with E-state index in [0.717, 1.165) is 31.0 Å². The minimum absolute atomic E-state index is 0.0163. The van der Waals surface area contributed by atoms with Crippen molar-refractivity contribution in [2.45, 2.75) is 19.4 Å². The van der Waals surface area contributed by atoms with Crippen LogP contribution in [-0.2, 0) is 16.1 Å². The van der Waals surface area contributed by atoms with E-state index >= 15 is 0 Å². The van der Waals surface area contributed by atoms with Crippen LogP contribution in [0.5, 0.6) is 0 Å². The van der Waals surface area contributed by atoms with Crippen molar-refractivity contribution in [2.24, 2.45) is 5.92 Å². The smallest absolute Gasteiger partial charge is 0.224 e. The lowest BCUT2D eigenvalue weighted by molar-refractivity contribution is -0.124. The molecule has 2 N–H and O–H groups in total. The molecule has 1 saturated heterocycles. The predicted octanol–water partition coefficient (Wildman–Crippen LogP) is 0.627. The molecule has 116 valence electrons. The quantitative estimate of drug-likeness (QED) is 0.829. The molecule has 0 spiro atoms. The van der Waals surface area contributed by atoms with Crippen molar-refractivity contribution in [2.75, 3.05) is 44.5 Å². The lowest BCUT2D eigenvalue weighted by atomic mass is 9.97. The molecular weight excluding hydrogens is 270 g/mol. The highest BCUT2D eigenvalue weighted by atomic mass is 16.5.